The molecule has 7 nitrogen and oxygen atoms in total. The molecule has 4 rings (SSSR count). The Morgan fingerprint density at radius 1 is 1.09 bits per heavy atom. The Morgan fingerprint density at radius 2 is 1.80 bits per heavy atom. The van der Waals surface area contributed by atoms with E-state index in [4.69, 9.17) is 45.1 Å². The van der Waals surface area contributed by atoms with Crippen LogP contribution >= 0.6 is 35.4 Å². The second kappa shape index (κ2) is 9.76. The maximum Gasteiger partial charge on any atom is 0.215 e. The third-order valence-corrected chi connectivity index (χ3v) is 6.60. The van der Waals surface area contributed by atoms with E-state index < -0.39 is 11.8 Å². The van der Waals surface area contributed by atoms with E-state index in [0.717, 1.165) is 11.5 Å². The molecule has 0 spiro atoms. The summed E-state index contributed by atoms with van der Waals surface area (Å²) in [6.45, 7) is 10.5. The van der Waals surface area contributed by atoms with E-state index >= 15 is 0 Å². The van der Waals surface area contributed by atoms with Crippen molar-refractivity contribution in [2.45, 2.75) is 52.4 Å². The zero-order valence-electron chi connectivity index (χ0n) is 20.2. The van der Waals surface area contributed by atoms with Crippen LogP contribution in [0.3, 0.4) is 0 Å². The lowest BCUT2D eigenvalue weighted by Gasteiger charge is -2.36. The lowest BCUT2D eigenvalue weighted by Crippen LogP contribution is -2.46. The van der Waals surface area contributed by atoms with E-state index in [0.29, 0.717) is 20.9 Å². The van der Waals surface area contributed by atoms with Crippen LogP contribution in [0.5, 0.6) is 5.75 Å². The van der Waals surface area contributed by atoms with Gasteiger partial charge >= 0.3 is 0 Å². The highest BCUT2D eigenvalue weighted by molar-refractivity contribution is 7.80. The van der Waals surface area contributed by atoms with Crippen LogP contribution in [0.2, 0.25) is 10.0 Å². The van der Waals surface area contributed by atoms with E-state index in [1.165, 1.54) is 6.33 Å². The molecule has 2 heterocycles. The number of nitrogens with zero attached hydrogens (tertiary/aromatic N) is 5. The summed E-state index contributed by atoms with van der Waals surface area (Å²) in [5.74, 6) is 1.38. The van der Waals surface area contributed by atoms with Gasteiger partial charge in [0.25, 0.3) is 0 Å². The van der Waals surface area contributed by atoms with E-state index in [-0.39, 0.29) is 11.5 Å². The highest BCUT2D eigenvalue weighted by Gasteiger charge is 2.45. The van der Waals surface area contributed by atoms with Crippen LogP contribution in [0.1, 0.15) is 40.8 Å². The molecule has 184 valence electrons. The van der Waals surface area contributed by atoms with E-state index in [1.54, 1.807) is 23.1 Å². The Labute approximate surface area is 221 Å². The first-order valence-electron chi connectivity index (χ1n) is 11.2. The van der Waals surface area contributed by atoms with Crippen LogP contribution < -0.4 is 15.0 Å². The average molecular weight is 532 g/mol. The van der Waals surface area contributed by atoms with Crippen LogP contribution in [-0.4, -0.2) is 37.3 Å². The van der Waals surface area contributed by atoms with E-state index in [1.807, 2.05) is 41.3 Å². The number of thiocarbonyl (C=S) groups is 1. The van der Waals surface area contributed by atoms with Crippen LogP contribution in [0.25, 0.3) is 0 Å². The summed E-state index contributed by atoms with van der Waals surface area (Å²) in [6, 6.07) is 14.5. The maximum absolute atomic E-state index is 6.44. The number of nitrogens with one attached hydrogen (secondary N) is 1. The Balaban J connectivity index is 1.76. The number of hydrogen-bond donors (Lipinski definition) is 1. The Kier molecular flexibility index (Phi) is 7.09. The molecule has 3 aromatic rings. The van der Waals surface area contributed by atoms with Gasteiger partial charge in [-0.05, 0) is 73.9 Å². The molecule has 2 aromatic carbocycles. The first kappa shape index (κ1) is 25.4. The number of halogens is 2. The minimum atomic E-state index is -0.572. The third kappa shape index (κ3) is 5.44. The number of aliphatic imine (C=N–C) groups is 1. The van der Waals surface area contributed by atoms with Gasteiger partial charge in [0.1, 0.15) is 30.3 Å². The molecule has 1 aliphatic heterocycles. The molecule has 2 unspecified atom stereocenters. The maximum atomic E-state index is 6.44. The van der Waals surface area contributed by atoms with Crippen molar-refractivity contribution in [2.24, 2.45) is 10.4 Å². The zero-order chi connectivity index (χ0) is 25.4. The first-order chi connectivity index (χ1) is 16.5. The molecule has 1 fully saturated rings. The van der Waals surface area contributed by atoms with Crippen molar-refractivity contribution >= 4 is 52.1 Å². The zero-order valence-corrected chi connectivity index (χ0v) is 22.6. The summed E-state index contributed by atoms with van der Waals surface area (Å²) >= 11 is 18.1. The Bertz CT molecular complexity index is 1220. The van der Waals surface area contributed by atoms with Crippen molar-refractivity contribution in [1.82, 2.24) is 20.1 Å². The lowest BCUT2D eigenvalue weighted by atomic mass is 9.85. The predicted octanol–water partition coefficient (Wildman–Crippen LogP) is 6.15. The minimum Gasteiger partial charge on any atom is -0.466 e. The van der Waals surface area contributed by atoms with Crippen molar-refractivity contribution in [3.63, 3.8) is 0 Å². The molecular weight excluding hydrogens is 503 g/mol. The normalized spacial score (nSPS) is 18.4. The summed E-state index contributed by atoms with van der Waals surface area (Å²) in [4.78, 5) is 11.4. The molecular formula is C25H28Cl2N6OS. The molecule has 1 N–H and O–H groups in total. The molecule has 10 heteroatoms. The fourth-order valence-electron chi connectivity index (χ4n) is 4.00. The molecule has 0 aliphatic carbocycles. The summed E-state index contributed by atoms with van der Waals surface area (Å²) in [6.07, 6.45) is 2.55. The van der Waals surface area contributed by atoms with Gasteiger partial charge in [0.05, 0.1) is 5.54 Å². The Morgan fingerprint density at radius 3 is 2.40 bits per heavy atom. The highest BCUT2D eigenvalue weighted by Crippen LogP contribution is 2.36. The van der Waals surface area contributed by atoms with Crippen LogP contribution in [0.15, 0.2) is 66.2 Å². The summed E-state index contributed by atoms with van der Waals surface area (Å²) in [5.41, 5.74) is 0.0277. The van der Waals surface area contributed by atoms with E-state index in [2.05, 4.69) is 50.0 Å². The molecule has 1 aliphatic rings. The van der Waals surface area contributed by atoms with Crippen molar-refractivity contribution in [3.8, 4) is 5.75 Å². The summed E-state index contributed by atoms with van der Waals surface area (Å²) < 4.78 is 8.12. The van der Waals surface area contributed by atoms with E-state index in [9.17, 15) is 0 Å². The number of hydrogen-bond acceptors (Lipinski definition) is 5. The largest absolute Gasteiger partial charge is 0.466 e. The number of ether oxygens (including phenoxy) is 1. The van der Waals surface area contributed by atoms with Crippen LogP contribution in [0.4, 0.5) is 5.69 Å². The van der Waals surface area contributed by atoms with Gasteiger partial charge in [0, 0.05) is 15.7 Å². The first-order valence-corrected chi connectivity index (χ1v) is 12.3. The number of aromatic nitrogens is 3. The van der Waals surface area contributed by atoms with Gasteiger partial charge in [0.15, 0.2) is 5.11 Å². The van der Waals surface area contributed by atoms with Crippen molar-refractivity contribution in [3.05, 3.63) is 71.2 Å². The van der Waals surface area contributed by atoms with Gasteiger partial charge in [-0.1, -0.05) is 50.0 Å². The van der Waals surface area contributed by atoms with Gasteiger partial charge in [-0.2, -0.15) is 5.10 Å². The standard InChI is InChI=1S/C25H28Cl2N6OS/c1-24(2,3)20(21(32-15-28-14-29-32)34-19-11-9-16(26)10-12-19)30-22-25(4,5)33(23(35)31-22)18-8-6-7-17(27)13-18/h6-15,20-21H,1-5H3,(H,30,31,35). The predicted molar refractivity (Wildman–Crippen MR) is 146 cm³/mol. The van der Waals surface area contributed by atoms with Gasteiger partial charge in [-0.3, -0.25) is 4.99 Å². The Hall–Kier alpha value is -2.68. The lowest BCUT2D eigenvalue weighted by molar-refractivity contribution is 0.0470. The molecule has 2 atom stereocenters. The average Bonchev–Trinajstić information content (AvgIpc) is 3.37. The molecule has 35 heavy (non-hydrogen) atoms. The third-order valence-electron chi connectivity index (χ3n) is 5.83. The molecule has 0 amide bonds. The smallest absolute Gasteiger partial charge is 0.215 e. The van der Waals surface area contributed by atoms with Crippen molar-refractivity contribution in [1.29, 1.82) is 0 Å². The molecule has 0 radical (unpaired) electrons. The van der Waals surface area contributed by atoms with Gasteiger partial charge in [-0.15, -0.1) is 0 Å². The number of anilines is 1. The van der Waals surface area contributed by atoms with Gasteiger partial charge in [0.2, 0.25) is 6.23 Å². The topological polar surface area (TPSA) is 67.6 Å². The fourth-order valence-corrected chi connectivity index (χ4v) is 4.74. The van der Waals surface area contributed by atoms with Crippen LogP contribution in [-0.2, 0) is 0 Å². The molecule has 1 aromatic heterocycles. The molecule has 0 bridgehead atoms. The minimum absolute atomic E-state index is 0.307. The second-order valence-corrected chi connectivity index (χ2v) is 11.2. The molecule has 1 saturated heterocycles. The monoisotopic (exact) mass is 530 g/mol. The molecule has 0 saturated carbocycles. The SMILES string of the molecule is CC(C)(C)C(N=C1NC(=S)N(c2cccc(Cl)c2)C1(C)C)C(Oc1ccc(Cl)cc1)n1cncn1. The van der Waals surface area contributed by atoms with Crippen molar-refractivity contribution < 1.29 is 4.74 Å². The quantitative estimate of drug-likeness (QED) is 0.385. The summed E-state index contributed by atoms with van der Waals surface area (Å²) in [5, 5.41) is 9.54. The van der Waals surface area contributed by atoms with Crippen molar-refractivity contribution in [2.75, 3.05) is 4.90 Å². The number of amidine groups is 1. The van der Waals surface area contributed by atoms with Crippen LogP contribution in [0, 0.1) is 5.41 Å². The highest BCUT2D eigenvalue weighted by atomic mass is 35.5. The fraction of sp³-hybridized carbons (Fsp3) is 0.360. The number of rotatable bonds is 6. The number of benzene rings is 2. The summed E-state index contributed by atoms with van der Waals surface area (Å²) in [7, 11) is 0. The van der Waals surface area contributed by atoms with Gasteiger partial charge < -0.3 is 15.0 Å². The second-order valence-electron chi connectivity index (χ2n) is 9.93. The van der Waals surface area contributed by atoms with Gasteiger partial charge in [-0.25, -0.2) is 9.67 Å².